The predicted molar refractivity (Wildman–Crippen MR) is 108 cm³/mol. The molecule has 1 fully saturated rings. The average Bonchev–Trinajstić information content (AvgIpc) is 3.02. The van der Waals surface area contributed by atoms with E-state index in [0.29, 0.717) is 28.9 Å². The van der Waals surface area contributed by atoms with Gasteiger partial charge in [-0.1, -0.05) is 38.2 Å². The summed E-state index contributed by atoms with van der Waals surface area (Å²) in [6.07, 6.45) is 8.45. The second-order valence-electron chi connectivity index (χ2n) is 7.74. The lowest BCUT2D eigenvalue weighted by atomic mass is 9.86. The fourth-order valence-electron chi connectivity index (χ4n) is 3.05. The minimum atomic E-state index is -0.583. The number of carbonyl (C=O) groups is 2. The molecule has 0 radical (unpaired) electrons. The summed E-state index contributed by atoms with van der Waals surface area (Å²) in [5.41, 5.74) is 0.413. The highest BCUT2D eigenvalue weighted by Crippen LogP contribution is 2.29. The maximum absolute atomic E-state index is 12.4. The van der Waals surface area contributed by atoms with Crippen molar-refractivity contribution < 1.29 is 19.1 Å². The van der Waals surface area contributed by atoms with E-state index < -0.39 is 11.7 Å². The molecule has 6 nitrogen and oxygen atoms in total. The average molecular weight is 395 g/mol. The molecule has 0 unspecified atom stereocenters. The maximum Gasteiger partial charge on any atom is 0.413 e. The van der Waals surface area contributed by atoms with E-state index in [4.69, 9.17) is 9.47 Å². The first-order valence-electron chi connectivity index (χ1n) is 9.61. The standard InChI is InChI=1S/C20H30N2O4S/c1-5-25-17(23)15(12-11-14-9-7-6-8-10-14)16-13-27-18(21-16)22-19(24)26-20(2,3)4/h12-14H,5-11H2,1-4H3,(H,21,22,24)/b15-12+. The maximum atomic E-state index is 12.4. The van der Waals surface area contributed by atoms with Crippen LogP contribution in [0.1, 0.15) is 71.9 Å². The molecule has 27 heavy (non-hydrogen) atoms. The molecule has 7 heteroatoms. The molecule has 1 aliphatic rings. The number of rotatable bonds is 6. The lowest BCUT2D eigenvalue weighted by Crippen LogP contribution is -2.27. The van der Waals surface area contributed by atoms with Crippen LogP contribution in [0.25, 0.3) is 5.57 Å². The van der Waals surface area contributed by atoms with E-state index in [1.54, 1.807) is 33.1 Å². The molecule has 1 aromatic heterocycles. The van der Waals surface area contributed by atoms with Crippen molar-refractivity contribution in [2.75, 3.05) is 11.9 Å². The topological polar surface area (TPSA) is 77.5 Å². The monoisotopic (exact) mass is 394 g/mol. The van der Waals surface area contributed by atoms with Gasteiger partial charge in [-0.2, -0.15) is 0 Å². The van der Waals surface area contributed by atoms with Gasteiger partial charge in [0.15, 0.2) is 5.13 Å². The second-order valence-corrected chi connectivity index (χ2v) is 8.60. The fraction of sp³-hybridized carbons (Fsp3) is 0.650. The summed E-state index contributed by atoms with van der Waals surface area (Å²) >= 11 is 1.26. The van der Waals surface area contributed by atoms with Gasteiger partial charge in [0.1, 0.15) is 5.60 Å². The van der Waals surface area contributed by atoms with Crippen LogP contribution in [0.4, 0.5) is 9.93 Å². The van der Waals surface area contributed by atoms with Crippen molar-refractivity contribution in [3.63, 3.8) is 0 Å². The molecule has 0 aliphatic heterocycles. The zero-order valence-corrected chi connectivity index (χ0v) is 17.5. The van der Waals surface area contributed by atoms with E-state index in [1.165, 1.54) is 43.4 Å². The van der Waals surface area contributed by atoms with Gasteiger partial charge in [-0.05, 0) is 40.0 Å². The van der Waals surface area contributed by atoms with Gasteiger partial charge in [0.2, 0.25) is 0 Å². The summed E-state index contributed by atoms with van der Waals surface area (Å²) in [5, 5.41) is 4.77. The molecule has 1 aromatic rings. The summed E-state index contributed by atoms with van der Waals surface area (Å²) in [7, 11) is 0. The number of nitrogens with zero attached hydrogens (tertiary/aromatic N) is 1. The number of allylic oxidation sites excluding steroid dienone is 1. The van der Waals surface area contributed by atoms with E-state index in [2.05, 4.69) is 10.3 Å². The zero-order valence-electron chi connectivity index (χ0n) is 16.7. The highest BCUT2D eigenvalue weighted by Gasteiger charge is 2.21. The van der Waals surface area contributed by atoms with Crippen LogP contribution >= 0.6 is 11.3 Å². The first kappa shape index (κ1) is 21.4. The van der Waals surface area contributed by atoms with Gasteiger partial charge in [0.05, 0.1) is 17.9 Å². The molecular formula is C20H30N2O4S. The highest BCUT2D eigenvalue weighted by atomic mass is 32.1. The minimum Gasteiger partial charge on any atom is -0.462 e. The summed E-state index contributed by atoms with van der Waals surface area (Å²) < 4.78 is 10.4. The Labute approximate surface area is 165 Å². The molecule has 0 aromatic carbocycles. The van der Waals surface area contributed by atoms with Crippen LogP contribution in [0.15, 0.2) is 11.5 Å². The Bertz CT molecular complexity index is 670. The molecule has 0 atom stereocenters. The summed E-state index contributed by atoms with van der Waals surface area (Å²) in [4.78, 5) is 28.7. The van der Waals surface area contributed by atoms with Gasteiger partial charge in [0, 0.05) is 5.38 Å². The number of carbonyl (C=O) groups excluding carboxylic acids is 2. The van der Waals surface area contributed by atoms with Gasteiger partial charge in [0.25, 0.3) is 0 Å². The van der Waals surface area contributed by atoms with E-state index in [1.807, 2.05) is 6.08 Å². The molecule has 1 saturated carbocycles. The summed E-state index contributed by atoms with van der Waals surface area (Å²) in [5.74, 6) is 0.239. The van der Waals surface area contributed by atoms with Crippen LogP contribution in [-0.2, 0) is 14.3 Å². The second kappa shape index (κ2) is 9.88. The molecule has 1 amide bonds. The quantitative estimate of drug-likeness (QED) is 0.516. The van der Waals surface area contributed by atoms with Gasteiger partial charge in [-0.3, -0.25) is 5.32 Å². The van der Waals surface area contributed by atoms with Crippen molar-refractivity contribution in [3.8, 4) is 0 Å². The smallest absolute Gasteiger partial charge is 0.413 e. The van der Waals surface area contributed by atoms with Gasteiger partial charge in [-0.15, -0.1) is 11.3 Å². The van der Waals surface area contributed by atoms with Crippen molar-refractivity contribution in [2.45, 2.75) is 71.8 Å². The first-order valence-corrected chi connectivity index (χ1v) is 10.5. The molecule has 2 rings (SSSR count). The predicted octanol–water partition coefficient (Wildman–Crippen LogP) is 5.41. The summed E-state index contributed by atoms with van der Waals surface area (Å²) in [6, 6.07) is 0. The first-order chi connectivity index (χ1) is 12.8. The van der Waals surface area contributed by atoms with Gasteiger partial charge < -0.3 is 9.47 Å². The van der Waals surface area contributed by atoms with Gasteiger partial charge >= 0.3 is 12.1 Å². The Hall–Kier alpha value is -1.89. The third kappa shape index (κ3) is 7.33. The largest absolute Gasteiger partial charge is 0.462 e. The number of nitrogens with one attached hydrogen (secondary N) is 1. The molecule has 0 spiro atoms. The number of ether oxygens (including phenoxy) is 2. The molecule has 0 saturated heterocycles. The van der Waals surface area contributed by atoms with E-state index in [-0.39, 0.29) is 5.97 Å². The van der Waals surface area contributed by atoms with Crippen molar-refractivity contribution >= 4 is 34.1 Å². The summed E-state index contributed by atoms with van der Waals surface area (Å²) in [6.45, 7) is 7.49. The van der Waals surface area contributed by atoms with Crippen molar-refractivity contribution in [2.24, 2.45) is 5.92 Å². The Morgan fingerprint density at radius 3 is 2.63 bits per heavy atom. The minimum absolute atomic E-state index is 0.312. The molecule has 1 heterocycles. The SMILES string of the molecule is CCOC(=O)/C(=C/CC1CCCCC1)c1csc(NC(=O)OC(C)(C)C)n1. The van der Waals surface area contributed by atoms with Crippen molar-refractivity contribution in [3.05, 3.63) is 17.2 Å². The van der Waals surface area contributed by atoms with Crippen LogP contribution in [0.2, 0.25) is 0 Å². The van der Waals surface area contributed by atoms with E-state index in [0.717, 1.165) is 6.42 Å². The molecule has 1 aliphatic carbocycles. The van der Waals surface area contributed by atoms with Crippen LogP contribution in [0, 0.1) is 5.92 Å². The number of aromatic nitrogens is 1. The molecule has 150 valence electrons. The number of hydrogen-bond donors (Lipinski definition) is 1. The molecule has 1 N–H and O–H groups in total. The Balaban J connectivity index is 2.09. The van der Waals surface area contributed by atoms with Crippen LogP contribution in [0.3, 0.4) is 0 Å². The van der Waals surface area contributed by atoms with Crippen molar-refractivity contribution in [1.29, 1.82) is 0 Å². The lowest BCUT2D eigenvalue weighted by Gasteiger charge is -2.20. The van der Waals surface area contributed by atoms with Gasteiger partial charge in [-0.25, -0.2) is 14.6 Å². The molecule has 0 bridgehead atoms. The number of amides is 1. The number of hydrogen-bond acceptors (Lipinski definition) is 6. The molecular weight excluding hydrogens is 364 g/mol. The van der Waals surface area contributed by atoms with Crippen LogP contribution in [-0.4, -0.2) is 29.3 Å². The van der Waals surface area contributed by atoms with Crippen molar-refractivity contribution in [1.82, 2.24) is 4.98 Å². The number of anilines is 1. The van der Waals surface area contributed by atoms with E-state index in [9.17, 15) is 9.59 Å². The zero-order chi connectivity index (χ0) is 19.9. The highest BCUT2D eigenvalue weighted by molar-refractivity contribution is 7.14. The van der Waals surface area contributed by atoms with Crippen LogP contribution < -0.4 is 5.32 Å². The normalized spacial score (nSPS) is 16.1. The third-order valence-electron chi connectivity index (χ3n) is 4.26. The number of esters is 1. The lowest BCUT2D eigenvalue weighted by molar-refractivity contribution is -0.136. The Kier molecular flexibility index (Phi) is 7.83. The fourth-order valence-corrected chi connectivity index (χ4v) is 3.75. The van der Waals surface area contributed by atoms with E-state index >= 15 is 0 Å². The Morgan fingerprint density at radius 1 is 1.30 bits per heavy atom. The third-order valence-corrected chi connectivity index (χ3v) is 5.02. The Morgan fingerprint density at radius 2 is 2.00 bits per heavy atom. The van der Waals surface area contributed by atoms with Crippen LogP contribution in [0.5, 0.6) is 0 Å². The number of thiazole rings is 1.